The van der Waals surface area contributed by atoms with Gasteiger partial charge < -0.3 is 19.3 Å². The molecule has 2 atom stereocenters. The molecule has 2 unspecified atom stereocenters. The van der Waals surface area contributed by atoms with Crippen LogP contribution in [0.15, 0.2) is 96.1 Å². The van der Waals surface area contributed by atoms with Gasteiger partial charge in [0.05, 0.1) is 17.8 Å². The van der Waals surface area contributed by atoms with E-state index in [1.807, 2.05) is 78.5 Å². The molecule has 8 nitrogen and oxygen atoms in total. The Labute approximate surface area is 236 Å². The number of fused-ring (bicyclic) bond motifs is 1. The zero-order valence-corrected chi connectivity index (χ0v) is 23.1. The number of ether oxygens (including phenoxy) is 1. The third-order valence-electron chi connectivity index (χ3n) is 7.11. The van der Waals surface area contributed by atoms with E-state index in [1.165, 1.54) is 35.0 Å². The van der Waals surface area contributed by atoms with Gasteiger partial charge in [0, 0.05) is 45.2 Å². The van der Waals surface area contributed by atoms with E-state index in [-0.39, 0.29) is 30.4 Å². The Bertz CT molecular complexity index is 1730. The highest BCUT2D eigenvalue weighted by Gasteiger charge is 2.30. The summed E-state index contributed by atoms with van der Waals surface area (Å²) in [5.74, 6) is -1.51. The predicted octanol–water partition coefficient (Wildman–Crippen LogP) is 4.26. The molecule has 2 aromatic heterocycles. The zero-order chi connectivity index (χ0) is 29.1. The van der Waals surface area contributed by atoms with Crippen molar-refractivity contribution in [1.29, 1.82) is 0 Å². The molecule has 5 aromatic rings. The molecule has 0 radical (unpaired) electrons. The van der Waals surface area contributed by atoms with Crippen LogP contribution in [0.25, 0.3) is 10.9 Å². The zero-order valence-electron chi connectivity index (χ0n) is 23.1. The van der Waals surface area contributed by atoms with Crippen LogP contribution in [0.4, 0.5) is 4.39 Å². The van der Waals surface area contributed by atoms with Crippen LogP contribution in [0.2, 0.25) is 0 Å². The first-order valence-electron chi connectivity index (χ1n) is 13.2. The average molecular weight is 555 g/mol. The number of aromatic nitrogens is 3. The minimum absolute atomic E-state index is 0.00815. The van der Waals surface area contributed by atoms with E-state index in [0.29, 0.717) is 5.52 Å². The van der Waals surface area contributed by atoms with E-state index in [0.717, 1.165) is 22.1 Å². The number of rotatable bonds is 9. The maximum atomic E-state index is 14.0. The van der Waals surface area contributed by atoms with Crippen LogP contribution in [-0.2, 0) is 20.7 Å². The summed E-state index contributed by atoms with van der Waals surface area (Å²) in [6.45, 7) is 0.0753. The lowest BCUT2D eigenvalue weighted by molar-refractivity contribution is 0.0646. The number of likely N-dealkylation sites (N-methyl/N-ethyl adjacent to an activating group) is 1. The largest absolute Gasteiger partial charge is 0.483 e. The van der Waals surface area contributed by atoms with Gasteiger partial charge in [-0.2, -0.15) is 5.10 Å². The molecule has 41 heavy (non-hydrogen) atoms. The second-order valence-corrected chi connectivity index (χ2v) is 10.1. The van der Waals surface area contributed by atoms with Gasteiger partial charge in [-0.25, -0.2) is 4.39 Å². The molecular formula is C32H31FN4O4. The molecule has 0 spiro atoms. The molecule has 1 N–H and O–H groups in total. The highest BCUT2D eigenvalue weighted by Crippen LogP contribution is 2.35. The van der Waals surface area contributed by atoms with Crippen molar-refractivity contribution in [2.24, 2.45) is 14.1 Å². The number of halogens is 1. The first kappa shape index (κ1) is 27.8. The van der Waals surface area contributed by atoms with Crippen molar-refractivity contribution in [1.82, 2.24) is 19.2 Å². The predicted molar refractivity (Wildman–Crippen MR) is 154 cm³/mol. The summed E-state index contributed by atoms with van der Waals surface area (Å²) in [5, 5.41) is 16.5. The molecule has 0 aliphatic heterocycles. The third-order valence-corrected chi connectivity index (χ3v) is 7.11. The molecule has 0 fully saturated rings. The van der Waals surface area contributed by atoms with Crippen LogP contribution in [0.5, 0.6) is 5.75 Å². The van der Waals surface area contributed by atoms with Crippen molar-refractivity contribution in [3.05, 3.63) is 130 Å². The lowest BCUT2D eigenvalue weighted by Crippen LogP contribution is -2.40. The molecule has 210 valence electrons. The molecule has 0 saturated carbocycles. The summed E-state index contributed by atoms with van der Waals surface area (Å²) in [4.78, 5) is 27.9. The van der Waals surface area contributed by atoms with Crippen LogP contribution in [0.3, 0.4) is 0 Å². The van der Waals surface area contributed by atoms with Crippen LogP contribution in [0.1, 0.15) is 33.1 Å². The third kappa shape index (κ3) is 5.90. The van der Waals surface area contributed by atoms with Crippen LogP contribution < -0.4 is 10.2 Å². The molecule has 3 aromatic carbocycles. The number of amides is 1. The van der Waals surface area contributed by atoms with Crippen LogP contribution in [0, 0.1) is 5.82 Å². The normalized spacial score (nSPS) is 12.7. The van der Waals surface area contributed by atoms with Crippen molar-refractivity contribution in [3.63, 3.8) is 0 Å². The smallest absolute Gasteiger partial charge is 0.278 e. The van der Waals surface area contributed by atoms with E-state index in [9.17, 15) is 19.1 Å². The topological polar surface area (TPSA) is 89.6 Å². The van der Waals surface area contributed by atoms with Crippen molar-refractivity contribution in [3.8, 4) is 5.75 Å². The second kappa shape index (κ2) is 11.8. The van der Waals surface area contributed by atoms with E-state index < -0.39 is 23.4 Å². The fraction of sp³-hybridized carbons (Fsp3) is 0.219. The summed E-state index contributed by atoms with van der Waals surface area (Å²) in [5.41, 5.74) is 2.28. The highest BCUT2D eigenvalue weighted by atomic mass is 19.1. The Morgan fingerprint density at radius 2 is 1.71 bits per heavy atom. The van der Waals surface area contributed by atoms with E-state index >= 15 is 0 Å². The fourth-order valence-corrected chi connectivity index (χ4v) is 5.11. The number of carbonyl (C=O) groups is 1. The summed E-state index contributed by atoms with van der Waals surface area (Å²) in [6, 6.07) is 23.4. The number of nitrogens with zero attached hydrogens (tertiary/aromatic N) is 4. The monoisotopic (exact) mass is 554 g/mol. The minimum Gasteiger partial charge on any atom is -0.483 e. The first-order valence-corrected chi connectivity index (χ1v) is 13.2. The number of benzene rings is 3. The Morgan fingerprint density at radius 1 is 1.02 bits per heavy atom. The molecule has 0 saturated heterocycles. The van der Waals surface area contributed by atoms with Gasteiger partial charge in [-0.05, 0) is 34.9 Å². The number of aliphatic hydroxyl groups is 1. The van der Waals surface area contributed by atoms with Gasteiger partial charge in [-0.15, -0.1) is 0 Å². The van der Waals surface area contributed by atoms with Crippen LogP contribution >= 0.6 is 0 Å². The lowest BCUT2D eigenvalue weighted by atomic mass is 9.86. The number of carbonyl (C=O) groups excluding carboxylic acids is 1. The first-order chi connectivity index (χ1) is 19.7. The maximum absolute atomic E-state index is 14.0. The Kier molecular flexibility index (Phi) is 7.98. The highest BCUT2D eigenvalue weighted by molar-refractivity contribution is 5.92. The summed E-state index contributed by atoms with van der Waals surface area (Å²) >= 11 is 0. The van der Waals surface area contributed by atoms with Gasteiger partial charge in [0.2, 0.25) is 0 Å². The molecule has 1 amide bonds. The fourth-order valence-electron chi connectivity index (χ4n) is 5.11. The average Bonchev–Trinajstić information content (AvgIpc) is 3.28. The molecule has 0 aliphatic rings. The van der Waals surface area contributed by atoms with Crippen molar-refractivity contribution in [2.45, 2.75) is 18.6 Å². The SMILES string of the molecule is CN(CC(O)C(c1ccccc1)c1cn(C)c2cc(F)ccc12)C(=O)c1nn(C)cc(OCc2ccccc2)c1=O. The molecular weight excluding hydrogens is 523 g/mol. The van der Waals surface area contributed by atoms with Crippen molar-refractivity contribution < 1.29 is 19.0 Å². The Hall–Kier alpha value is -4.76. The lowest BCUT2D eigenvalue weighted by Gasteiger charge is -2.27. The standard InChI is InChI=1S/C32H31FN4O4/c1-35-17-25(24-15-14-23(33)16-26(24)35)29(22-12-8-5-9-13-22)27(38)18-36(2)32(40)30-31(39)28(19-37(3)34-30)41-20-21-10-6-4-7-11-21/h4-17,19,27,29,38H,18,20H2,1-3H3. The molecule has 0 aliphatic carbocycles. The van der Waals surface area contributed by atoms with Crippen molar-refractivity contribution >= 4 is 16.8 Å². The molecule has 2 heterocycles. The van der Waals surface area contributed by atoms with Gasteiger partial charge in [0.25, 0.3) is 11.3 Å². The number of aliphatic hydroxyl groups excluding tert-OH is 1. The summed E-state index contributed by atoms with van der Waals surface area (Å²) < 4.78 is 22.9. The number of hydrogen-bond donors (Lipinski definition) is 1. The molecule has 0 bridgehead atoms. The number of hydrogen-bond acceptors (Lipinski definition) is 5. The second-order valence-electron chi connectivity index (χ2n) is 10.1. The van der Waals surface area contributed by atoms with Crippen LogP contribution in [-0.4, -0.2) is 50.0 Å². The van der Waals surface area contributed by atoms with E-state index in [1.54, 1.807) is 13.1 Å². The molecule has 5 rings (SSSR count). The van der Waals surface area contributed by atoms with Gasteiger partial charge >= 0.3 is 0 Å². The molecule has 9 heteroatoms. The van der Waals surface area contributed by atoms with Gasteiger partial charge in [0.15, 0.2) is 11.4 Å². The Morgan fingerprint density at radius 3 is 2.41 bits per heavy atom. The van der Waals surface area contributed by atoms with Crippen molar-refractivity contribution in [2.75, 3.05) is 13.6 Å². The van der Waals surface area contributed by atoms with Gasteiger partial charge in [0.1, 0.15) is 12.4 Å². The van der Waals surface area contributed by atoms with Gasteiger partial charge in [-0.3, -0.25) is 14.3 Å². The summed E-state index contributed by atoms with van der Waals surface area (Å²) in [7, 11) is 4.95. The van der Waals surface area contributed by atoms with E-state index in [4.69, 9.17) is 4.74 Å². The maximum Gasteiger partial charge on any atom is 0.278 e. The number of aryl methyl sites for hydroxylation is 2. The van der Waals surface area contributed by atoms with Gasteiger partial charge in [-0.1, -0.05) is 60.7 Å². The Balaban J connectivity index is 1.42. The van der Waals surface area contributed by atoms with E-state index in [2.05, 4.69) is 5.10 Å². The quantitative estimate of drug-likeness (QED) is 0.294. The summed E-state index contributed by atoms with van der Waals surface area (Å²) in [6.07, 6.45) is 2.26. The minimum atomic E-state index is -1.05.